The Bertz CT molecular complexity index is 279. The van der Waals surface area contributed by atoms with Crippen LogP contribution in [0.25, 0.3) is 0 Å². The number of esters is 1. The second-order valence-corrected chi connectivity index (χ2v) is 4.60. The minimum atomic E-state index is -0.676. The molecule has 0 fully saturated rings. The lowest BCUT2D eigenvalue weighted by molar-refractivity contribution is -0.144. The summed E-state index contributed by atoms with van der Waals surface area (Å²) in [6.07, 6.45) is 0. The maximum atomic E-state index is 11.4. The summed E-state index contributed by atoms with van der Waals surface area (Å²) < 4.78 is 10.1. The van der Waals surface area contributed by atoms with Gasteiger partial charge in [-0.15, -0.1) is 0 Å². The SMILES string of the molecule is CCOC(C)(C)CNCC(NC(C)=O)C(=O)OC. The van der Waals surface area contributed by atoms with Crippen molar-refractivity contribution in [3.63, 3.8) is 0 Å². The Hall–Kier alpha value is -1.14. The monoisotopic (exact) mass is 260 g/mol. The summed E-state index contributed by atoms with van der Waals surface area (Å²) in [7, 11) is 1.29. The topological polar surface area (TPSA) is 76.7 Å². The van der Waals surface area contributed by atoms with Crippen LogP contribution >= 0.6 is 0 Å². The molecule has 1 amide bonds. The molecule has 0 saturated heterocycles. The van der Waals surface area contributed by atoms with Crippen molar-refractivity contribution in [3.05, 3.63) is 0 Å². The summed E-state index contributed by atoms with van der Waals surface area (Å²) >= 11 is 0. The summed E-state index contributed by atoms with van der Waals surface area (Å²) in [5.74, 6) is -0.733. The first-order valence-electron chi connectivity index (χ1n) is 6.02. The highest BCUT2D eigenvalue weighted by atomic mass is 16.5. The van der Waals surface area contributed by atoms with Crippen LogP contribution in [-0.2, 0) is 19.1 Å². The first kappa shape index (κ1) is 16.9. The Morgan fingerprint density at radius 2 is 1.94 bits per heavy atom. The Balaban J connectivity index is 4.19. The van der Waals surface area contributed by atoms with Crippen LogP contribution in [0.3, 0.4) is 0 Å². The fourth-order valence-corrected chi connectivity index (χ4v) is 1.54. The van der Waals surface area contributed by atoms with Crippen molar-refractivity contribution in [2.45, 2.75) is 39.3 Å². The minimum absolute atomic E-state index is 0.267. The summed E-state index contributed by atoms with van der Waals surface area (Å²) in [5, 5.41) is 5.62. The summed E-state index contributed by atoms with van der Waals surface area (Å²) in [6, 6.07) is -0.676. The number of methoxy groups -OCH3 is 1. The van der Waals surface area contributed by atoms with Gasteiger partial charge in [0, 0.05) is 26.6 Å². The van der Waals surface area contributed by atoms with E-state index in [2.05, 4.69) is 15.4 Å². The third-order valence-corrected chi connectivity index (χ3v) is 2.30. The van der Waals surface area contributed by atoms with Crippen molar-refractivity contribution >= 4 is 11.9 Å². The standard InChI is InChI=1S/C12H24N2O4/c1-6-18-12(3,4)8-13-7-10(11(16)17-5)14-9(2)15/h10,13H,6-8H2,1-5H3,(H,14,15). The lowest BCUT2D eigenvalue weighted by Gasteiger charge is -2.26. The number of hydrogen-bond acceptors (Lipinski definition) is 5. The van der Waals surface area contributed by atoms with Gasteiger partial charge in [-0.3, -0.25) is 4.79 Å². The van der Waals surface area contributed by atoms with Crippen LogP contribution in [0.1, 0.15) is 27.7 Å². The average molecular weight is 260 g/mol. The molecule has 0 saturated carbocycles. The third-order valence-electron chi connectivity index (χ3n) is 2.30. The van der Waals surface area contributed by atoms with Gasteiger partial charge in [-0.25, -0.2) is 4.79 Å². The van der Waals surface area contributed by atoms with E-state index in [1.54, 1.807) is 0 Å². The molecule has 0 aliphatic heterocycles. The van der Waals surface area contributed by atoms with E-state index >= 15 is 0 Å². The number of nitrogens with one attached hydrogen (secondary N) is 2. The van der Waals surface area contributed by atoms with Crippen molar-refractivity contribution in [1.29, 1.82) is 0 Å². The van der Waals surface area contributed by atoms with Gasteiger partial charge in [0.05, 0.1) is 12.7 Å². The molecule has 0 bridgehead atoms. The van der Waals surface area contributed by atoms with E-state index in [1.807, 2.05) is 20.8 Å². The van der Waals surface area contributed by atoms with E-state index in [-0.39, 0.29) is 11.5 Å². The van der Waals surface area contributed by atoms with E-state index < -0.39 is 12.0 Å². The van der Waals surface area contributed by atoms with E-state index in [0.717, 1.165) is 0 Å². The first-order valence-corrected chi connectivity index (χ1v) is 6.02. The summed E-state index contributed by atoms with van der Waals surface area (Å²) in [6.45, 7) is 8.71. The average Bonchev–Trinajstić information content (AvgIpc) is 2.25. The van der Waals surface area contributed by atoms with Crippen molar-refractivity contribution in [2.24, 2.45) is 0 Å². The number of ether oxygens (including phenoxy) is 2. The normalized spacial score (nSPS) is 12.9. The molecule has 6 heteroatoms. The molecular weight excluding hydrogens is 236 g/mol. The number of rotatable bonds is 8. The number of hydrogen-bond donors (Lipinski definition) is 2. The molecule has 0 aromatic heterocycles. The predicted octanol–water partition coefficient (Wildman–Crippen LogP) is 0.0688. The number of carbonyl (C=O) groups is 2. The van der Waals surface area contributed by atoms with Crippen LogP contribution in [0, 0.1) is 0 Å². The molecule has 0 aliphatic carbocycles. The van der Waals surface area contributed by atoms with Gasteiger partial charge >= 0.3 is 5.97 Å². The predicted molar refractivity (Wildman–Crippen MR) is 68.2 cm³/mol. The van der Waals surface area contributed by atoms with Gasteiger partial charge in [0.25, 0.3) is 0 Å². The Labute approximate surface area is 108 Å². The largest absolute Gasteiger partial charge is 0.467 e. The highest BCUT2D eigenvalue weighted by Gasteiger charge is 2.22. The molecule has 1 unspecified atom stereocenters. The van der Waals surface area contributed by atoms with Crippen LogP contribution in [0.4, 0.5) is 0 Å². The number of carbonyl (C=O) groups excluding carboxylic acids is 2. The van der Waals surface area contributed by atoms with Crippen molar-refractivity contribution < 1.29 is 19.1 Å². The summed E-state index contributed by atoms with van der Waals surface area (Å²) in [5.41, 5.74) is -0.314. The van der Waals surface area contributed by atoms with E-state index in [4.69, 9.17) is 4.74 Å². The molecule has 0 radical (unpaired) electrons. The Morgan fingerprint density at radius 3 is 2.39 bits per heavy atom. The lowest BCUT2D eigenvalue weighted by Crippen LogP contribution is -2.49. The molecule has 0 heterocycles. The smallest absolute Gasteiger partial charge is 0.329 e. The zero-order valence-electron chi connectivity index (χ0n) is 11.8. The van der Waals surface area contributed by atoms with Crippen LogP contribution in [0.15, 0.2) is 0 Å². The van der Waals surface area contributed by atoms with Crippen LogP contribution in [0.2, 0.25) is 0 Å². The molecular formula is C12H24N2O4. The fraction of sp³-hybridized carbons (Fsp3) is 0.833. The van der Waals surface area contributed by atoms with Gasteiger partial charge in [-0.05, 0) is 20.8 Å². The van der Waals surface area contributed by atoms with E-state index in [1.165, 1.54) is 14.0 Å². The van der Waals surface area contributed by atoms with Crippen LogP contribution in [0.5, 0.6) is 0 Å². The van der Waals surface area contributed by atoms with Gasteiger partial charge in [0.2, 0.25) is 5.91 Å². The number of amides is 1. The minimum Gasteiger partial charge on any atom is -0.467 e. The molecule has 0 aromatic carbocycles. The zero-order valence-corrected chi connectivity index (χ0v) is 11.8. The molecule has 1 atom stereocenters. The quantitative estimate of drug-likeness (QED) is 0.604. The molecule has 106 valence electrons. The van der Waals surface area contributed by atoms with Gasteiger partial charge in [0.1, 0.15) is 6.04 Å². The third kappa shape index (κ3) is 7.24. The van der Waals surface area contributed by atoms with E-state index in [0.29, 0.717) is 19.7 Å². The van der Waals surface area contributed by atoms with Gasteiger partial charge < -0.3 is 20.1 Å². The van der Waals surface area contributed by atoms with Gasteiger partial charge in [0.15, 0.2) is 0 Å². The van der Waals surface area contributed by atoms with Crippen LogP contribution in [-0.4, -0.2) is 50.3 Å². The van der Waals surface area contributed by atoms with Crippen molar-refractivity contribution in [1.82, 2.24) is 10.6 Å². The molecule has 18 heavy (non-hydrogen) atoms. The molecule has 0 aliphatic rings. The molecule has 6 nitrogen and oxygen atoms in total. The zero-order chi connectivity index (χ0) is 14.2. The van der Waals surface area contributed by atoms with Gasteiger partial charge in [-0.1, -0.05) is 0 Å². The highest BCUT2D eigenvalue weighted by Crippen LogP contribution is 2.06. The maximum absolute atomic E-state index is 11.4. The second kappa shape index (κ2) is 8.05. The lowest BCUT2D eigenvalue weighted by atomic mass is 10.1. The van der Waals surface area contributed by atoms with Crippen LogP contribution < -0.4 is 10.6 Å². The maximum Gasteiger partial charge on any atom is 0.329 e. The summed E-state index contributed by atoms with van der Waals surface area (Å²) in [4.78, 5) is 22.4. The van der Waals surface area contributed by atoms with Crippen molar-refractivity contribution in [3.8, 4) is 0 Å². The first-order chi connectivity index (χ1) is 8.32. The fourth-order valence-electron chi connectivity index (χ4n) is 1.54. The Kier molecular flexibility index (Phi) is 7.54. The molecule has 0 rings (SSSR count). The molecule has 0 spiro atoms. The molecule has 2 N–H and O–H groups in total. The second-order valence-electron chi connectivity index (χ2n) is 4.60. The molecule has 0 aromatic rings. The highest BCUT2D eigenvalue weighted by molar-refractivity contribution is 5.83. The van der Waals surface area contributed by atoms with Gasteiger partial charge in [-0.2, -0.15) is 0 Å². The van der Waals surface area contributed by atoms with E-state index in [9.17, 15) is 9.59 Å². The van der Waals surface area contributed by atoms with Crippen molar-refractivity contribution in [2.75, 3.05) is 26.8 Å². The Morgan fingerprint density at radius 1 is 1.33 bits per heavy atom.